The van der Waals surface area contributed by atoms with E-state index in [9.17, 15) is 27.6 Å². The number of morpholine rings is 1. The van der Waals surface area contributed by atoms with E-state index in [1.54, 1.807) is 6.07 Å². The number of carbonyl (C=O) groups is 3. The molecule has 208 valence electrons. The van der Waals surface area contributed by atoms with E-state index in [0.29, 0.717) is 21.5 Å². The van der Waals surface area contributed by atoms with Gasteiger partial charge in [0.2, 0.25) is 5.91 Å². The molecule has 1 fully saturated rings. The van der Waals surface area contributed by atoms with E-state index in [1.165, 1.54) is 28.0 Å². The summed E-state index contributed by atoms with van der Waals surface area (Å²) in [6, 6.07) is 5.72. The summed E-state index contributed by atoms with van der Waals surface area (Å²) in [5, 5.41) is 5.07. The Bertz CT molecular complexity index is 1160. The second-order valence-electron chi connectivity index (χ2n) is 9.96. The molecule has 0 radical (unpaired) electrons. The highest BCUT2D eigenvalue weighted by molar-refractivity contribution is 7.18. The number of anilines is 2. The van der Waals surface area contributed by atoms with Crippen molar-refractivity contribution in [3.63, 3.8) is 0 Å². The topological polar surface area (TPSA) is 91.0 Å². The molecule has 38 heavy (non-hydrogen) atoms. The van der Waals surface area contributed by atoms with Crippen molar-refractivity contribution < 1.29 is 32.3 Å². The maximum atomic E-state index is 15.0. The van der Waals surface area contributed by atoms with Gasteiger partial charge in [-0.1, -0.05) is 32.4 Å². The first-order valence-corrected chi connectivity index (χ1v) is 13.1. The molecule has 3 amide bonds. The van der Waals surface area contributed by atoms with Gasteiger partial charge in [-0.2, -0.15) is 0 Å². The van der Waals surface area contributed by atoms with E-state index in [2.05, 4.69) is 10.6 Å². The van der Waals surface area contributed by atoms with Crippen LogP contribution in [0.4, 0.5) is 24.5 Å². The molecule has 2 aromatic rings. The molecular weight excluding hydrogens is 545 g/mol. The molecule has 0 aliphatic carbocycles. The minimum absolute atomic E-state index is 0.108. The lowest BCUT2D eigenvalue weighted by Gasteiger charge is -2.35. The smallest absolute Gasteiger partial charge is 0.261 e. The molecule has 13 heteroatoms. The van der Waals surface area contributed by atoms with Crippen LogP contribution < -0.4 is 15.5 Å². The molecular formula is C25H30ClF3N4O4S. The van der Waals surface area contributed by atoms with Gasteiger partial charge in [0.05, 0.1) is 28.1 Å². The maximum absolute atomic E-state index is 15.0. The minimum atomic E-state index is -2.75. The Balaban J connectivity index is 1.82. The van der Waals surface area contributed by atoms with Crippen molar-refractivity contribution in [2.24, 2.45) is 5.41 Å². The monoisotopic (exact) mass is 574 g/mol. The molecule has 1 aromatic carbocycles. The normalized spacial score (nSPS) is 15.2. The molecule has 0 unspecified atom stereocenters. The van der Waals surface area contributed by atoms with Gasteiger partial charge in [-0.25, -0.2) is 13.2 Å². The van der Waals surface area contributed by atoms with Gasteiger partial charge >= 0.3 is 0 Å². The van der Waals surface area contributed by atoms with Crippen molar-refractivity contribution >= 4 is 52.0 Å². The van der Waals surface area contributed by atoms with Crippen LogP contribution in [-0.4, -0.2) is 74.5 Å². The van der Waals surface area contributed by atoms with Gasteiger partial charge < -0.3 is 20.3 Å². The third-order valence-electron chi connectivity index (χ3n) is 5.55. The number of hydrogen-bond donors (Lipinski definition) is 2. The maximum Gasteiger partial charge on any atom is 0.261 e. The Morgan fingerprint density at radius 3 is 2.55 bits per heavy atom. The lowest BCUT2D eigenvalue weighted by Crippen LogP contribution is -2.54. The van der Waals surface area contributed by atoms with Crippen molar-refractivity contribution in [2.45, 2.75) is 33.2 Å². The molecule has 0 spiro atoms. The van der Waals surface area contributed by atoms with Crippen LogP contribution in [0.1, 0.15) is 30.4 Å². The van der Waals surface area contributed by atoms with Gasteiger partial charge in [0, 0.05) is 25.3 Å². The quantitative estimate of drug-likeness (QED) is 0.443. The number of hydrogen-bond acceptors (Lipinski definition) is 6. The number of carbonyl (C=O) groups excluding carboxylic acids is 3. The van der Waals surface area contributed by atoms with Gasteiger partial charge in [-0.15, -0.1) is 11.3 Å². The summed E-state index contributed by atoms with van der Waals surface area (Å²) in [5.74, 6) is -2.41. The largest absolute Gasteiger partial charge is 0.370 e. The van der Waals surface area contributed by atoms with E-state index in [0.717, 1.165) is 17.4 Å². The number of nitrogens with one attached hydrogen (secondary N) is 2. The molecule has 1 atom stereocenters. The van der Waals surface area contributed by atoms with Crippen molar-refractivity contribution in [1.29, 1.82) is 0 Å². The fourth-order valence-electron chi connectivity index (χ4n) is 3.97. The predicted molar refractivity (Wildman–Crippen MR) is 141 cm³/mol. The molecule has 1 aliphatic heterocycles. The van der Waals surface area contributed by atoms with Crippen LogP contribution in [0, 0.1) is 11.2 Å². The highest BCUT2D eigenvalue weighted by Gasteiger charge is 2.32. The van der Waals surface area contributed by atoms with Gasteiger partial charge in [-0.05, 0) is 35.7 Å². The lowest BCUT2D eigenvalue weighted by molar-refractivity contribution is -0.125. The zero-order chi connectivity index (χ0) is 28.0. The second-order valence-corrected chi connectivity index (χ2v) is 11.7. The molecule has 0 saturated carbocycles. The lowest BCUT2D eigenvalue weighted by atomic mass is 9.95. The summed E-state index contributed by atoms with van der Waals surface area (Å²) in [6.45, 7) is 5.03. The number of alkyl halides is 2. The van der Waals surface area contributed by atoms with Crippen LogP contribution in [0.3, 0.4) is 0 Å². The average molecular weight is 575 g/mol. The fourth-order valence-corrected chi connectivity index (χ4v) is 4.93. The molecule has 1 saturated heterocycles. The minimum Gasteiger partial charge on any atom is -0.370 e. The zero-order valence-corrected chi connectivity index (χ0v) is 22.8. The summed E-state index contributed by atoms with van der Waals surface area (Å²) in [4.78, 5) is 41.0. The number of thiophene rings is 1. The SMILES string of the molecule is CC(C)(C)CN(CC(F)F)[C@H](CNC(=O)c1ccc(Cl)s1)C(=O)Nc1ccc(N2CCOCC2=O)cc1F. The summed E-state index contributed by atoms with van der Waals surface area (Å²) in [7, 11) is 0. The van der Waals surface area contributed by atoms with Crippen molar-refractivity contribution in [1.82, 2.24) is 10.2 Å². The first-order valence-electron chi connectivity index (χ1n) is 11.9. The Morgan fingerprint density at radius 2 is 1.97 bits per heavy atom. The number of rotatable bonds is 10. The summed E-state index contributed by atoms with van der Waals surface area (Å²) in [6.07, 6.45) is -2.75. The summed E-state index contributed by atoms with van der Waals surface area (Å²) >= 11 is 6.93. The van der Waals surface area contributed by atoms with Crippen LogP contribution >= 0.6 is 22.9 Å². The number of nitrogens with zero attached hydrogens (tertiary/aromatic N) is 2. The van der Waals surface area contributed by atoms with Crippen LogP contribution in [-0.2, 0) is 14.3 Å². The Morgan fingerprint density at radius 1 is 1.24 bits per heavy atom. The van der Waals surface area contributed by atoms with Gasteiger partial charge in [-0.3, -0.25) is 19.3 Å². The molecule has 8 nitrogen and oxygen atoms in total. The van der Waals surface area contributed by atoms with Gasteiger partial charge in [0.25, 0.3) is 18.2 Å². The van der Waals surface area contributed by atoms with Crippen molar-refractivity contribution in [3.8, 4) is 0 Å². The Hall–Kier alpha value is -2.67. The van der Waals surface area contributed by atoms with E-state index < -0.39 is 42.1 Å². The van der Waals surface area contributed by atoms with Crippen LogP contribution in [0.5, 0.6) is 0 Å². The number of ether oxygens (including phenoxy) is 1. The van der Waals surface area contributed by atoms with Gasteiger partial charge in [0.1, 0.15) is 18.5 Å². The second kappa shape index (κ2) is 12.9. The number of benzene rings is 1. The summed E-state index contributed by atoms with van der Waals surface area (Å²) < 4.78 is 47.5. The average Bonchev–Trinajstić information content (AvgIpc) is 3.25. The van der Waals surface area contributed by atoms with E-state index >= 15 is 0 Å². The van der Waals surface area contributed by atoms with E-state index in [-0.39, 0.29) is 37.8 Å². The third-order valence-corrected chi connectivity index (χ3v) is 6.78. The van der Waals surface area contributed by atoms with E-state index in [4.69, 9.17) is 16.3 Å². The Labute approximate surface area is 228 Å². The predicted octanol–water partition coefficient (Wildman–Crippen LogP) is 4.25. The zero-order valence-electron chi connectivity index (χ0n) is 21.2. The number of halogens is 4. The summed E-state index contributed by atoms with van der Waals surface area (Å²) in [5.41, 5.74) is -0.344. The third kappa shape index (κ3) is 8.42. The van der Waals surface area contributed by atoms with Crippen LogP contribution in [0.25, 0.3) is 0 Å². The molecule has 0 bridgehead atoms. The van der Waals surface area contributed by atoms with Crippen LogP contribution in [0.2, 0.25) is 4.34 Å². The molecule has 2 heterocycles. The molecule has 3 rings (SSSR count). The highest BCUT2D eigenvalue weighted by atomic mass is 35.5. The fraction of sp³-hybridized carbons (Fsp3) is 0.480. The van der Waals surface area contributed by atoms with Crippen molar-refractivity contribution in [3.05, 3.63) is 45.4 Å². The van der Waals surface area contributed by atoms with Crippen molar-refractivity contribution in [2.75, 3.05) is 49.6 Å². The van der Waals surface area contributed by atoms with E-state index in [1.807, 2.05) is 20.8 Å². The van der Waals surface area contributed by atoms with Gasteiger partial charge in [0.15, 0.2) is 0 Å². The standard InChI is InChI=1S/C25H30ClF3N4O4S/c1-25(2,3)14-32(12-21(28)29)18(11-30-24(36)19-6-7-20(26)38-19)23(35)31-17-5-4-15(10-16(17)27)33-8-9-37-13-22(33)34/h4-7,10,18,21H,8-9,11-14H2,1-3H3,(H,30,36)(H,31,35)/t18-/m1/s1. The van der Waals surface area contributed by atoms with Crippen LogP contribution in [0.15, 0.2) is 30.3 Å². The molecule has 2 N–H and O–H groups in total. The molecule has 1 aromatic heterocycles. The first kappa shape index (κ1) is 29.9. The Kier molecular flexibility index (Phi) is 10.2. The first-order chi connectivity index (χ1) is 17.8. The molecule has 1 aliphatic rings. The highest BCUT2D eigenvalue weighted by Crippen LogP contribution is 2.25. The number of amides is 3.